The number of ether oxygens (including phenoxy) is 3. The molecular weight excluding hydrogens is 528 g/mol. The summed E-state index contributed by atoms with van der Waals surface area (Å²) in [4.78, 5) is 18.6. The van der Waals surface area contributed by atoms with Crippen LogP contribution in [0, 0.1) is 0 Å². The summed E-state index contributed by atoms with van der Waals surface area (Å²) in [5.74, 6) is 2.80. The predicted molar refractivity (Wildman–Crippen MR) is 163 cm³/mol. The molecule has 3 aromatic rings. The van der Waals surface area contributed by atoms with Crippen LogP contribution in [0.5, 0.6) is 17.2 Å². The number of hydrogen-bond acceptors (Lipinski definition) is 7. The van der Waals surface area contributed by atoms with Gasteiger partial charge in [-0.05, 0) is 80.4 Å². The summed E-state index contributed by atoms with van der Waals surface area (Å²) in [7, 11) is 7.30. The van der Waals surface area contributed by atoms with Crippen LogP contribution in [0.25, 0.3) is 0 Å². The normalized spacial score (nSPS) is 16.8. The van der Waals surface area contributed by atoms with E-state index in [9.17, 15) is 4.79 Å². The molecule has 0 saturated carbocycles. The number of hydrogen-bond donors (Lipinski definition) is 1. The highest BCUT2D eigenvalue weighted by molar-refractivity contribution is 8.02. The zero-order valence-electron chi connectivity index (χ0n) is 23.2. The van der Waals surface area contributed by atoms with Gasteiger partial charge in [0.1, 0.15) is 10.5 Å². The lowest BCUT2D eigenvalue weighted by atomic mass is 9.97. The summed E-state index contributed by atoms with van der Waals surface area (Å²) in [6.07, 6.45) is 2.98. The quantitative estimate of drug-likeness (QED) is 0.204. The van der Waals surface area contributed by atoms with Crippen LogP contribution in [0.4, 0.5) is 5.69 Å². The Morgan fingerprint density at radius 2 is 1.69 bits per heavy atom. The molecule has 6 nitrogen and oxygen atoms in total. The highest BCUT2D eigenvalue weighted by Gasteiger charge is 2.46. The van der Waals surface area contributed by atoms with Gasteiger partial charge in [-0.2, -0.15) is 12.6 Å². The van der Waals surface area contributed by atoms with E-state index in [-0.39, 0.29) is 5.91 Å². The van der Waals surface area contributed by atoms with Crippen LogP contribution < -0.4 is 19.1 Å². The summed E-state index contributed by atoms with van der Waals surface area (Å²) >= 11 is 6.20. The number of benzene rings is 3. The first kappa shape index (κ1) is 29.2. The molecule has 1 aliphatic rings. The monoisotopic (exact) mass is 566 g/mol. The number of methoxy groups -OCH3 is 2. The maximum Gasteiger partial charge on any atom is 0.248 e. The third-order valence-corrected chi connectivity index (χ3v) is 9.29. The summed E-state index contributed by atoms with van der Waals surface area (Å²) in [6, 6.07) is 22.0. The molecule has 1 unspecified atom stereocenters. The van der Waals surface area contributed by atoms with Crippen molar-refractivity contribution in [2.75, 3.05) is 58.7 Å². The topological polar surface area (TPSA) is 51.2 Å². The van der Waals surface area contributed by atoms with Gasteiger partial charge in [0.2, 0.25) is 5.91 Å². The largest absolute Gasteiger partial charge is 0.494 e. The van der Waals surface area contributed by atoms with Crippen molar-refractivity contribution in [3.05, 3.63) is 77.9 Å². The fourth-order valence-electron chi connectivity index (χ4n) is 4.77. The number of anilines is 1. The number of amides is 1. The van der Waals surface area contributed by atoms with E-state index in [1.807, 2.05) is 61.6 Å². The molecule has 0 bridgehead atoms. The number of rotatable bonds is 13. The minimum Gasteiger partial charge on any atom is -0.494 e. The van der Waals surface area contributed by atoms with Gasteiger partial charge in [0, 0.05) is 24.2 Å². The van der Waals surface area contributed by atoms with Crippen LogP contribution >= 0.6 is 24.4 Å². The van der Waals surface area contributed by atoms with Gasteiger partial charge in [-0.1, -0.05) is 30.3 Å². The molecule has 208 valence electrons. The van der Waals surface area contributed by atoms with Crippen molar-refractivity contribution in [1.29, 1.82) is 0 Å². The first-order valence-corrected chi connectivity index (χ1v) is 14.7. The molecule has 4 rings (SSSR count). The van der Waals surface area contributed by atoms with Gasteiger partial charge < -0.3 is 24.0 Å². The maximum atomic E-state index is 13.4. The molecule has 1 heterocycles. The average molecular weight is 567 g/mol. The molecule has 0 aromatic heterocycles. The lowest BCUT2D eigenvalue weighted by molar-refractivity contribution is -0.120. The van der Waals surface area contributed by atoms with E-state index in [0.717, 1.165) is 65.7 Å². The molecule has 0 spiro atoms. The molecule has 39 heavy (non-hydrogen) atoms. The van der Waals surface area contributed by atoms with E-state index in [2.05, 4.69) is 36.7 Å². The van der Waals surface area contributed by atoms with Gasteiger partial charge in [0.05, 0.1) is 26.5 Å². The van der Waals surface area contributed by atoms with Gasteiger partial charge in [0.25, 0.3) is 0 Å². The first-order chi connectivity index (χ1) is 18.9. The third-order valence-electron chi connectivity index (χ3n) is 7.14. The number of fused-ring (bicyclic) bond motifs is 1. The van der Waals surface area contributed by atoms with Crippen molar-refractivity contribution in [3.63, 3.8) is 0 Å². The molecule has 8 heteroatoms. The Balaban J connectivity index is 1.23. The fraction of sp³-hybridized carbons (Fsp3) is 0.387. The molecule has 1 atom stereocenters. The highest BCUT2D eigenvalue weighted by atomic mass is 32.2. The van der Waals surface area contributed by atoms with Crippen molar-refractivity contribution in [2.45, 2.75) is 28.9 Å². The van der Waals surface area contributed by atoms with Gasteiger partial charge in [-0.25, -0.2) is 0 Å². The summed E-state index contributed by atoms with van der Waals surface area (Å²) in [6.45, 7) is 2.64. The fourth-order valence-corrected chi connectivity index (χ4v) is 6.65. The van der Waals surface area contributed by atoms with Gasteiger partial charge >= 0.3 is 0 Å². The number of likely N-dealkylation sites (N-methyl/N-ethyl adjacent to an activating group) is 2. The molecule has 0 radical (unpaired) electrons. The third kappa shape index (κ3) is 6.68. The van der Waals surface area contributed by atoms with Crippen molar-refractivity contribution in [2.24, 2.45) is 0 Å². The number of para-hydroxylation sites is 1. The molecule has 1 amide bonds. The van der Waals surface area contributed by atoms with Crippen molar-refractivity contribution in [1.82, 2.24) is 4.90 Å². The van der Waals surface area contributed by atoms with Crippen LogP contribution in [-0.4, -0.2) is 64.6 Å². The molecule has 0 N–H and O–H groups in total. The zero-order valence-corrected chi connectivity index (χ0v) is 24.9. The van der Waals surface area contributed by atoms with Crippen LogP contribution in [0.3, 0.4) is 0 Å². The average Bonchev–Trinajstić information content (AvgIpc) is 2.98. The van der Waals surface area contributed by atoms with Crippen LogP contribution in [0.1, 0.15) is 24.0 Å². The van der Waals surface area contributed by atoms with E-state index < -0.39 is 4.75 Å². The van der Waals surface area contributed by atoms with Crippen molar-refractivity contribution >= 4 is 36.0 Å². The molecule has 0 aliphatic carbocycles. The second kappa shape index (κ2) is 13.5. The molecule has 0 saturated heterocycles. The van der Waals surface area contributed by atoms with Gasteiger partial charge in [-0.3, -0.25) is 4.79 Å². The Hall–Kier alpha value is -2.81. The van der Waals surface area contributed by atoms with Gasteiger partial charge in [-0.15, -0.1) is 11.8 Å². The highest BCUT2D eigenvalue weighted by Crippen LogP contribution is 2.51. The number of unbranched alkanes of at least 4 members (excludes halogenated alkanes) is 1. The summed E-state index contributed by atoms with van der Waals surface area (Å²) in [5, 5.41) is 0. The van der Waals surface area contributed by atoms with Crippen LogP contribution in [0.2, 0.25) is 0 Å². The molecule has 3 aromatic carbocycles. The van der Waals surface area contributed by atoms with Crippen molar-refractivity contribution in [3.8, 4) is 17.2 Å². The number of nitrogens with zero attached hydrogens (tertiary/aromatic N) is 2. The van der Waals surface area contributed by atoms with Crippen LogP contribution in [-0.2, 0) is 16.0 Å². The number of thioether (sulfide) groups is 1. The van der Waals surface area contributed by atoms with E-state index >= 15 is 0 Å². The second-order valence-corrected chi connectivity index (χ2v) is 11.4. The Morgan fingerprint density at radius 3 is 2.41 bits per heavy atom. The lowest BCUT2D eigenvalue weighted by Crippen LogP contribution is -2.47. The van der Waals surface area contributed by atoms with E-state index in [0.29, 0.717) is 12.4 Å². The standard InChI is InChI=1S/C31H38N2O4S2/c1-32(19-17-23-11-16-27(35-3)28(21-23)36-4)18-7-8-20-37-25-14-12-24(13-15-25)31(22-38)30(34)33(2)26-9-5-6-10-29(26)39-31/h5-6,9-16,21,38H,7-8,17-20,22H2,1-4H3. The number of carbonyl (C=O) groups is 1. The predicted octanol–water partition coefficient (Wildman–Crippen LogP) is 5.93. The Bertz CT molecular complexity index is 1250. The minimum atomic E-state index is -0.758. The zero-order chi connectivity index (χ0) is 27.8. The summed E-state index contributed by atoms with van der Waals surface area (Å²) < 4.78 is 16.0. The number of thiol groups is 1. The smallest absolute Gasteiger partial charge is 0.248 e. The summed E-state index contributed by atoms with van der Waals surface area (Å²) in [5.41, 5.74) is 3.11. The van der Waals surface area contributed by atoms with Crippen LogP contribution in [0.15, 0.2) is 71.6 Å². The molecular formula is C31H38N2O4S2. The SMILES string of the molecule is COc1ccc(CCN(C)CCCCOc2ccc(C3(CS)Sc4ccccc4N(C)C3=O)cc2)cc1OC. The maximum absolute atomic E-state index is 13.4. The lowest BCUT2D eigenvalue weighted by Gasteiger charge is -2.40. The first-order valence-electron chi connectivity index (χ1n) is 13.2. The minimum absolute atomic E-state index is 0.0464. The molecule has 0 fully saturated rings. The van der Waals surface area contributed by atoms with Crippen molar-refractivity contribution < 1.29 is 19.0 Å². The Labute approximate surface area is 242 Å². The van der Waals surface area contributed by atoms with Gasteiger partial charge in [0.15, 0.2) is 11.5 Å². The van der Waals surface area contributed by atoms with E-state index in [4.69, 9.17) is 14.2 Å². The second-order valence-electron chi connectivity index (χ2n) is 9.74. The Kier molecular flexibility index (Phi) is 10.1. The number of carbonyl (C=O) groups excluding carboxylic acids is 1. The van der Waals surface area contributed by atoms with E-state index in [1.54, 1.807) is 30.9 Å². The Morgan fingerprint density at radius 1 is 0.949 bits per heavy atom. The van der Waals surface area contributed by atoms with E-state index in [1.165, 1.54) is 5.56 Å². The molecule has 1 aliphatic heterocycles.